The minimum atomic E-state index is -0.541. The van der Waals surface area contributed by atoms with Crippen molar-refractivity contribution in [3.63, 3.8) is 0 Å². The highest BCUT2D eigenvalue weighted by Crippen LogP contribution is 2.46. The third-order valence-corrected chi connectivity index (χ3v) is 3.89. The zero-order valence-electron chi connectivity index (χ0n) is 10.5. The van der Waals surface area contributed by atoms with Crippen molar-refractivity contribution in [2.45, 2.75) is 32.6 Å². The van der Waals surface area contributed by atoms with E-state index in [0.717, 1.165) is 31.4 Å². The third kappa shape index (κ3) is 2.53. The van der Waals surface area contributed by atoms with Crippen LogP contribution in [0.2, 0.25) is 0 Å². The van der Waals surface area contributed by atoms with Crippen LogP contribution in [0.25, 0.3) is 0 Å². The maximum Gasteiger partial charge on any atom is 0.233 e. The minimum Gasteiger partial charge on any atom is -0.392 e. The first-order valence-corrected chi connectivity index (χ1v) is 6.54. The van der Waals surface area contributed by atoms with Crippen LogP contribution in [-0.2, 0) is 11.2 Å². The number of nitrogens with zero attached hydrogens (tertiary/aromatic N) is 1. The van der Waals surface area contributed by atoms with Crippen LogP contribution in [0.15, 0.2) is 6.20 Å². The molecule has 98 valence electrons. The highest BCUT2D eigenvalue weighted by molar-refractivity contribution is 7.80. The third-order valence-electron chi connectivity index (χ3n) is 3.50. The standard InChI is InChI=1S/C12H18N4OS/c1-8-9(7-15-16-8)3-2-6-14-11(17)12(4-5-12)10(13)18/h7H,2-6H2,1H3,(H2,13,18)(H,14,17)(H,15,16). The second kappa shape index (κ2) is 5.06. The van der Waals surface area contributed by atoms with Crippen molar-refractivity contribution < 1.29 is 4.79 Å². The molecule has 1 fully saturated rings. The van der Waals surface area contributed by atoms with Crippen LogP contribution in [0.5, 0.6) is 0 Å². The number of carbonyl (C=O) groups excluding carboxylic acids is 1. The Morgan fingerprint density at radius 3 is 2.89 bits per heavy atom. The zero-order valence-corrected chi connectivity index (χ0v) is 11.3. The van der Waals surface area contributed by atoms with Crippen LogP contribution >= 0.6 is 12.2 Å². The summed E-state index contributed by atoms with van der Waals surface area (Å²) in [5, 5.41) is 9.77. The molecule has 0 saturated heterocycles. The Bertz CT molecular complexity index is 464. The van der Waals surface area contributed by atoms with Gasteiger partial charge in [-0.1, -0.05) is 12.2 Å². The summed E-state index contributed by atoms with van der Waals surface area (Å²) in [4.78, 5) is 12.2. The van der Waals surface area contributed by atoms with Crippen LogP contribution in [0, 0.1) is 12.3 Å². The van der Waals surface area contributed by atoms with Gasteiger partial charge in [-0.05, 0) is 38.2 Å². The maximum atomic E-state index is 11.9. The Hall–Kier alpha value is -1.43. The molecule has 0 aromatic carbocycles. The van der Waals surface area contributed by atoms with Gasteiger partial charge in [-0.2, -0.15) is 5.10 Å². The van der Waals surface area contributed by atoms with Gasteiger partial charge in [0.2, 0.25) is 5.91 Å². The van der Waals surface area contributed by atoms with Crippen LogP contribution in [0.4, 0.5) is 0 Å². The topological polar surface area (TPSA) is 83.8 Å². The molecule has 0 spiro atoms. The lowest BCUT2D eigenvalue weighted by Crippen LogP contribution is -2.40. The summed E-state index contributed by atoms with van der Waals surface area (Å²) in [5.74, 6) is -0.0149. The number of hydrogen-bond donors (Lipinski definition) is 3. The number of carbonyl (C=O) groups is 1. The Morgan fingerprint density at radius 2 is 2.39 bits per heavy atom. The van der Waals surface area contributed by atoms with E-state index in [0.29, 0.717) is 11.5 Å². The largest absolute Gasteiger partial charge is 0.392 e. The molecule has 0 bridgehead atoms. The predicted octanol–water partition coefficient (Wildman–Crippen LogP) is 0.833. The SMILES string of the molecule is Cc1[nH]ncc1CCCNC(=O)C1(C(N)=S)CC1. The summed E-state index contributed by atoms with van der Waals surface area (Å²) in [5.41, 5.74) is 7.33. The molecule has 4 N–H and O–H groups in total. The van der Waals surface area contributed by atoms with Crippen molar-refractivity contribution >= 4 is 23.1 Å². The van der Waals surface area contributed by atoms with Gasteiger partial charge in [-0.15, -0.1) is 0 Å². The molecule has 1 heterocycles. The van der Waals surface area contributed by atoms with Gasteiger partial charge in [0.15, 0.2) is 0 Å². The maximum absolute atomic E-state index is 11.9. The molecule has 0 radical (unpaired) electrons. The quantitative estimate of drug-likeness (QED) is 0.526. The fourth-order valence-corrected chi connectivity index (χ4v) is 2.28. The van der Waals surface area contributed by atoms with E-state index < -0.39 is 5.41 Å². The van der Waals surface area contributed by atoms with E-state index in [1.807, 2.05) is 13.1 Å². The number of aromatic nitrogens is 2. The lowest BCUT2D eigenvalue weighted by molar-refractivity contribution is -0.123. The Labute approximate surface area is 112 Å². The van der Waals surface area contributed by atoms with E-state index in [2.05, 4.69) is 15.5 Å². The molecule has 0 unspecified atom stereocenters. The first kappa shape index (κ1) is 13.0. The number of aromatic amines is 1. The van der Waals surface area contributed by atoms with Crippen molar-refractivity contribution in [3.8, 4) is 0 Å². The van der Waals surface area contributed by atoms with E-state index in [1.165, 1.54) is 5.56 Å². The molecule has 1 aromatic heterocycles. The second-order valence-electron chi connectivity index (χ2n) is 4.83. The molecular weight excluding hydrogens is 248 g/mol. The molecule has 1 amide bonds. The Morgan fingerprint density at radius 1 is 1.67 bits per heavy atom. The first-order chi connectivity index (χ1) is 8.56. The normalized spacial score (nSPS) is 16.3. The summed E-state index contributed by atoms with van der Waals surface area (Å²) in [7, 11) is 0. The summed E-state index contributed by atoms with van der Waals surface area (Å²) < 4.78 is 0. The molecule has 2 rings (SSSR count). The summed E-state index contributed by atoms with van der Waals surface area (Å²) in [6.45, 7) is 2.64. The van der Waals surface area contributed by atoms with Gasteiger partial charge >= 0.3 is 0 Å². The van der Waals surface area contributed by atoms with Gasteiger partial charge in [0.25, 0.3) is 0 Å². The first-order valence-electron chi connectivity index (χ1n) is 6.13. The number of nitrogens with one attached hydrogen (secondary N) is 2. The fraction of sp³-hybridized carbons (Fsp3) is 0.583. The molecule has 1 aliphatic rings. The number of hydrogen-bond acceptors (Lipinski definition) is 3. The Kier molecular flexibility index (Phi) is 3.65. The monoisotopic (exact) mass is 266 g/mol. The average Bonchev–Trinajstić information content (AvgIpc) is 3.05. The predicted molar refractivity (Wildman–Crippen MR) is 73.1 cm³/mol. The van der Waals surface area contributed by atoms with Gasteiger partial charge < -0.3 is 11.1 Å². The molecule has 18 heavy (non-hydrogen) atoms. The number of rotatable bonds is 6. The lowest BCUT2D eigenvalue weighted by Gasteiger charge is -2.13. The summed E-state index contributed by atoms with van der Waals surface area (Å²) in [6.07, 6.45) is 5.20. The highest BCUT2D eigenvalue weighted by atomic mass is 32.1. The van der Waals surface area contributed by atoms with Crippen molar-refractivity contribution in [2.75, 3.05) is 6.54 Å². The number of H-pyrrole nitrogens is 1. The highest BCUT2D eigenvalue weighted by Gasteiger charge is 2.52. The van der Waals surface area contributed by atoms with E-state index >= 15 is 0 Å². The number of amides is 1. The molecule has 1 aliphatic carbocycles. The molecule has 0 atom stereocenters. The summed E-state index contributed by atoms with van der Waals surface area (Å²) in [6, 6.07) is 0. The molecule has 6 heteroatoms. The van der Waals surface area contributed by atoms with Crippen LogP contribution in [-0.4, -0.2) is 27.6 Å². The van der Waals surface area contributed by atoms with Gasteiger partial charge in [-0.3, -0.25) is 9.89 Å². The van der Waals surface area contributed by atoms with Crippen molar-refractivity contribution in [3.05, 3.63) is 17.5 Å². The molecule has 1 aromatic rings. The van der Waals surface area contributed by atoms with Gasteiger partial charge in [0.1, 0.15) is 0 Å². The minimum absolute atomic E-state index is 0.0149. The zero-order chi connectivity index (χ0) is 13.2. The second-order valence-corrected chi connectivity index (χ2v) is 5.27. The fourth-order valence-electron chi connectivity index (χ4n) is 1.99. The van der Waals surface area contributed by atoms with E-state index in [9.17, 15) is 4.79 Å². The van der Waals surface area contributed by atoms with Gasteiger partial charge in [0, 0.05) is 12.2 Å². The van der Waals surface area contributed by atoms with E-state index in [1.54, 1.807) is 0 Å². The molecule has 1 saturated carbocycles. The average molecular weight is 266 g/mol. The smallest absolute Gasteiger partial charge is 0.233 e. The van der Waals surface area contributed by atoms with Crippen LogP contribution in [0.1, 0.15) is 30.5 Å². The van der Waals surface area contributed by atoms with E-state index in [4.69, 9.17) is 18.0 Å². The van der Waals surface area contributed by atoms with Gasteiger partial charge in [-0.25, -0.2) is 0 Å². The number of aryl methyl sites for hydroxylation is 2. The van der Waals surface area contributed by atoms with Gasteiger partial charge in [0.05, 0.1) is 16.6 Å². The summed E-state index contributed by atoms with van der Waals surface area (Å²) >= 11 is 4.94. The molecule has 5 nitrogen and oxygen atoms in total. The Balaban J connectivity index is 1.72. The van der Waals surface area contributed by atoms with Crippen molar-refractivity contribution in [2.24, 2.45) is 11.1 Å². The van der Waals surface area contributed by atoms with E-state index in [-0.39, 0.29) is 5.91 Å². The number of thiocarbonyl (C=S) groups is 1. The van der Waals surface area contributed by atoms with Crippen LogP contribution < -0.4 is 11.1 Å². The van der Waals surface area contributed by atoms with Crippen molar-refractivity contribution in [1.82, 2.24) is 15.5 Å². The van der Waals surface area contributed by atoms with Crippen molar-refractivity contribution in [1.29, 1.82) is 0 Å². The number of nitrogens with two attached hydrogens (primary N) is 1. The molecular formula is C12H18N4OS. The molecule has 0 aliphatic heterocycles. The van der Waals surface area contributed by atoms with Crippen LogP contribution in [0.3, 0.4) is 0 Å². The lowest BCUT2D eigenvalue weighted by atomic mass is 10.1.